The van der Waals surface area contributed by atoms with E-state index >= 15 is 0 Å². The molecule has 1 fully saturated rings. The van der Waals surface area contributed by atoms with Crippen LogP contribution in [-0.2, 0) is 11.2 Å². The van der Waals surface area contributed by atoms with Gasteiger partial charge in [0.05, 0.1) is 6.61 Å². The molecule has 2 rings (SSSR count). The number of hydrogen-bond acceptors (Lipinski definition) is 2. The topological polar surface area (TPSA) is 21.3 Å². The van der Waals surface area contributed by atoms with Gasteiger partial charge in [0.2, 0.25) is 0 Å². The predicted molar refractivity (Wildman–Crippen MR) is 85.4 cm³/mol. The largest absolute Gasteiger partial charge is 0.383 e. The maximum absolute atomic E-state index is 14.0. The Kier molecular flexibility index (Phi) is 6.46. The van der Waals surface area contributed by atoms with Crippen molar-refractivity contribution in [1.82, 2.24) is 5.32 Å². The molecule has 0 spiro atoms. The number of benzene rings is 1. The Morgan fingerprint density at radius 2 is 2.05 bits per heavy atom. The first-order valence-corrected chi connectivity index (χ1v) is 8.17. The van der Waals surface area contributed by atoms with Crippen LogP contribution < -0.4 is 5.32 Å². The van der Waals surface area contributed by atoms with E-state index in [2.05, 4.69) is 5.32 Å². The van der Waals surface area contributed by atoms with Crippen molar-refractivity contribution in [1.29, 1.82) is 0 Å². The number of nitrogens with one attached hydrogen (secondary N) is 1. The molecule has 0 radical (unpaired) electrons. The van der Waals surface area contributed by atoms with E-state index in [1.54, 1.807) is 19.2 Å². The summed E-state index contributed by atoms with van der Waals surface area (Å²) in [4.78, 5) is 0. The maximum atomic E-state index is 14.0. The zero-order valence-corrected chi connectivity index (χ0v) is 13.5. The highest BCUT2D eigenvalue weighted by Crippen LogP contribution is 2.39. The maximum Gasteiger partial charge on any atom is 0.126 e. The van der Waals surface area contributed by atoms with Gasteiger partial charge >= 0.3 is 0 Å². The summed E-state index contributed by atoms with van der Waals surface area (Å²) in [6.45, 7) is 2.47. The van der Waals surface area contributed by atoms with E-state index in [4.69, 9.17) is 16.3 Å². The van der Waals surface area contributed by atoms with Gasteiger partial charge in [-0.1, -0.05) is 30.9 Å². The summed E-state index contributed by atoms with van der Waals surface area (Å²) >= 11 is 6.03. The molecule has 1 aromatic rings. The highest BCUT2D eigenvalue weighted by molar-refractivity contribution is 6.30. The van der Waals surface area contributed by atoms with Gasteiger partial charge in [-0.15, -0.1) is 0 Å². The quantitative estimate of drug-likeness (QED) is 0.761. The lowest BCUT2D eigenvalue weighted by Crippen LogP contribution is -2.39. The Morgan fingerprint density at radius 1 is 1.29 bits per heavy atom. The summed E-state index contributed by atoms with van der Waals surface area (Å²) in [5.74, 6) is -0.138. The van der Waals surface area contributed by atoms with Crippen molar-refractivity contribution in [3.8, 4) is 0 Å². The van der Waals surface area contributed by atoms with Crippen molar-refractivity contribution in [3.63, 3.8) is 0 Å². The van der Waals surface area contributed by atoms with E-state index in [0.717, 1.165) is 37.9 Å². The molecule has 0 saturated heterocycles. The number of rotatable bonds is 7. The molecule has 0 atom stereocenters. The van der Waals surface area contributed by atoms with Crippen molar-refractivity contribution >= 4 is 11.6 Å². The number of ether oxygens (including phenoxy) is 1. The van der Waals surface area contributed by atoms with E-state index < -0.39 is 0 Å². The lowest BCUT2D eigenvalue weighted by atomic mass is 9.70. The van der Waals surface area contributed by atoms with Gasteiger partial charge in [-0.3, -0.25) is 0 Å². The molecule has 1 N–H and O–H groups in total. The van der Waals surface area contributed by atoms with Crippen LogP contribution in [0.15, 0.2) is 18.2 Å². The van der Waals surface area contributed by atoms with Crippen LogP contribution in [0.4, 0.5) is 4.39 Å². The second kappa shape index (κ2) is 8.11. The van der Waals surface area contributed by atoms with Crippen molar-refractivity contribution in [2.45, 2.75) is 38.5 Å². The molecule has 1 saturated carbocycles. The Bertz CT molecular complexity index is 446. The normalized spacial score (nSPS) is 17.9. The second-order valence-electron chi connectivity index (χ2n) is 6.14. The van der Waals surface area contributed by atoms with Gasteiger partial charge in [0, 0.05) is 25.2 Å². The first kappa shape index (κ1) is 16.7. The fraction of sp³-hybridized carbons (Fsp3) is 0.647. The molecule has 2 nitrogen and oxygen atoms in total. The average molecular weight is 314 g/mol. The molecular weight excluding hydrogens is 289 g/mol. The number of methoxy groups -OCH3 is 1. The second-order valence-corrected chi connectivity index (χ2v) is 6.58. The molecular formula is C17H25ClFNO. The highest BCUT2D eigenvalue weighted by Gasteiger charge is 2.32. The van der Waals surface area contributed by atoms with Crippen LogP contribution in [0.5, 0.6) is 0 Å². The van der Waals surface area contributed by atoms with Gasteiger partial charge in [0.25, 0.3) is 0 Å². The van der Waals surface area contributed by atoms with E-state index in [0.29, 0.717) is 11.6 Å². The first-order chi connectivity index (χ1) is 10.2. The van der Waals surface area contributed by atoms with E-state index in [1.165, 1.54) is 25.3 Å². The zero-order valence-electron chi connectivity index (χ0n) is 12.8. The minimum atomic E-state index is -0.138. The van der Waals surface area contributed by atoms with Crippen molar-refractivity contribution < 1.29 is 9.13 Å². The van der Waals surface area contributed by atoms with Gasteiger partial charge in [0.15, 0.2) is 0 Å². The van der Waals surface area contributed by atoms with Crippen LogP contribution in [0.1, 0.15) is 37.7 Å². The molecule has 4 heteroatoms. The van der Waals surface area contributed by atoms with E-state index in [-0.39, 0.29) is 11.2 Å². The molecule has 0 aliphatic heterocycles. The molecule has 0 aromatic heterocycles. The third-order valence-corrected chi connectivity index (χ3v) is 4.71. The molecule has 21 heavy (non-hydrogen) atoms. The number of hydrogen-bond donors (Lipinski definition) is 1. The molecule has 0 bridgehead atoms. The van der Waals surface area contributed by atoms with Crippen molar-refractivity contribution in [2.24, 2.45) is 5.41 Å². The summed E-state index contributed by atoms with van der Waals surface area (Å²) in [5.41, 5.74) is 0.898. The fourth-order valence-corrected chi connectivity index (χ4v) is 3.52. The van der Waals surface area contributed by atoms with Crippen molar-refractivity contribution in [3.05, 3.63) is 34.6 Å². The van der Waals surface area contributed by atoms with Gasteiger partial charge in [-0.05, 0) is 48.4 Å². The lowest BCUT2D eigenvalue weighted by Gasteiger charge is -2.38. The SMILES string of the molecule is COCCNCC1(Cc2cc(Cl)ccc2F)CCCCC1. The third kappa shape index (κ3) is 4.94. The van der Waals surface area contributed by atoms with Crippen LogP contribution in [0.2, 0.25) is 5.02 Å². The molecule has 0 amide bonds. The standard InChI is InChI=1S/C17H25ClFNO/c1-21-10-9-20-13-17(7-3-2-4-8-17)12-14-11-15(18)5-6-16(14)19/h5-6,11,20H,2-4,7-10,12-13H2,1H3. The number of halogens is 2. The summed E-state index contributed by atoms with van der Waals surface area (Å²) in [6, 6.07) is 4.87. The smallest absolute Gasteiger partial charge is 0.126 e. The zero-order chi connectivity index (χ0) is 15.1. The minimum Gasteiger partial charge on any atom is -0.383 e. The predicted octanol–water partition coefficient (Wildman–Crippen LogP) is 4.21. The Labute approximate surface area is 132 Å². The molecule has 0 unspecified atom stereocenters. The monoisotopic (exact) mass is 313 g/mol. The molecule has 0 heterocycles. The summed E-state index contributed by atoms with van der Waals surface area (Å²) in [7, 11) is 1.71. The summed E-state index contributed by atoms with van der Waals surface area (Å²) in [5, 5.41) is 4.09. The van der Waals surface area contributed by atoms with E-state index in [1.807, 2.05) is 0 Å². The van der Waals surface area contributed by atoms with Crippen LogP contribution >= 0.6 is 11.6 Å². The summed E-state index contributed by atoms with van der Waals surface area (Å²) in [6.07, 6.45) is 6.82. The van der Waals surface area contributed by atoms with Gasteiger partial charge in [0.1, 0.15) is 5.82 Å². The van der Waals surface area contributed by atoms with E-state index in [9.17, 15) is 4.39 Å². The van der Waals surface area contributed by atoms with Gasteiger partial charge in [-0.25, -0.2) is 4.39 Å². The van der Waals surface area contributed by atoms with Crippen LogP contribution in [0, 0.1) is 11.2 Å². The van der Waals surface area contributed by atoms with Gasteiger partial charge < -0.3 is 10.1 Å². The Balaban J connectivity index is 2.06. The molecule has 1 aromatic carbocycles. The summed E-state index contributed by atoms with van der Waals surface area (Å²) < 4.78 is 19.1. The third-order valence-electron chi connectivity index (χ3n) is 4.47. The molecule has 1 aliphatic carbocycles. The molecule has 1 aliphatic rings. The average Bonchev–Trinajstić information content (AvgIpc) is 2.49. The Morgan fingerprint density at radius 3 is 2.76 bits per heavy atom. The fourth-order valence-electron chi connectivity index (χ4n) is 3.33. The van der Waals surface area contributed by atoms with Crippen LogP contribution in [-0.4, -0.2) is 26.8 Å². The first-order valence-electron chi connectivity index (χ1n) is 7.79. The molecule has 118 valence electrons. The van der Waals surface area contributed by atoms with Crippen LogP contribution in [0.25, 0.3) is 0 Å². The van der Waals surface area contributed by atoms with Crippen LogP contribution in [0.3, 0.4) is 0 Å². The Hall–Kier alpha value is -0.640. The van der Waals surface area contributed by atoms with Gasteiger partial charge in [-0.2, -0.15) is 0 Å². The highest BCUT2D eigenvalue weighted by atomic mass is 35.5. The minimum absolute atomic E-state index is 0.138. The van der Waals surface area contributed by atoms with Crippen molar-refractivity contribution in [2.75, 3.05) is 26.8 Å². The lowest BCUT2D eigenvalue weighted by molar-refractivity contribution is 0.161.